The molecular formula is C27H27FN4O4. The maximum atomic E-state index is 13.9. The maximum absolute atomic E-state index is 13.9. The molecule has 3 aromatic carbocycles. The molecule has 2 heterocycles. The molecule has 8 nitrogen and oxygen atoms in total. The van der Waals surface area contributed by atoms with Gasteiger partial charge >= 0.3 is 0 Å². The van der Waals surface area contributed by atoms with Gasteiger partial charge in [0.15, 0.2) is 11.5 Å². The molecule has 0 atom stereocenters. The van der Waals surface area contributed by atoms with E-state index in [2.05, 4.69) is 20.4 Å². The molecule has 0 saturated carbocycles. The molecule has 2 aliphatic rings. The lowest BCUT2D eigenvalue weighted by atomic mass is 10.1. The Labute approximate surface area is 208 Å². The van der Waals surface area contributed by atoms with Gasteiger partial charge in [-0.05, 0) is 30.3 Å². The van der Waals surface area contributed by atoms with Gasteiger partial charge in [-0.25, -0.2) is 4.39 Å². The van der Waals surface area contributed by atoms with Crippen molar-refractivity contribution >= 4 is 23.2 Å². The normalized spacial score (nSPS) is 15.5. The molecule has 1 fully saturated rings. The van der Waals surface area contributed by atoms with E-state index in [0.717, 1.165) is 13.1 Å². The van der Waals surface area contributed by atoms with E-state index in [0.29, 0.717) is 53.6 Å². The highest BCUT2D eigenvalue weighted by molar-refractivity contribution is 6.10. The van der Waals surface area contributed by atoms with Crippen LogP contribution < -0.4 is 20.1 Å². The van der Waals surface area contributed by atoms with E-state index in [1.165, 1.54) is 6.07 Å². The summed E-state index contributed by atoms with van der Waals surface area (Å²) in [4.78, 5) is 30.0. The van der Waals surface area contributed by atoms with Gasteiger partial charge < -0.3 is 20.1 Å². The summed E-state index contributed by atoms with van der Waals surface area (Å²) in [6, 6.07) is 18.9. The molecule has 0 bridgehead atoms. The third-order valence-electron chi connectivity index (χ3n) is 6.26. The van der Waals surface area contributed by atoms with Crippen molar-refractivity contribution in [1.29, 1.82) is 0 Å². The van der Waals surface area contributed by atoms with Crippen LogP contribution >= 0.6 is 0 Å². The second-order valence-electron chi connectivity index (χ2n) is 8.76. The first-order chi connectivity index (χ1) is 17.5. The average Bonchev–Trinajstić information content (AvgIpc) is 3.35. The highest BCUT2D eigenvalue weighted by Gasteiger charge is 2.21. The summed E-state index contributed by atoms with van der Waals surface area (Å²) in [5.74, 6) is 0.477. The first-order valence-corrected chi connectivity index (χ1v) is 11.8. The number of amides is 2. The fraction of sp³-hybridized carbons (Fsp3) is 0.259. The summed E-state index contributed by atoms with van der Waals surface area (Å²) in [7, 11) is 0. The maximum Gasteiger partial charge on any atom is 0.257 e. The number of hydrogen-bond acceptors (Lipinski definition) is 6. The fourth-order valence-corrected chi connectivity index (χ4v) is 4.33. The monoisotopic (exact) mass is 490 g/mol. The predicted molar refractivity (Wildman–Crippen MR) is 134 cm³/mol. The highest BCUT2D eigenvalue weighted by Crippen LogP contribution is 2.34. The van der Waals surface area contributed by atoms with E-state index in [9.17, 15) is 14.0 Å². The lowest BCUT2D eigenvalue weighted by Crippen LogP contribution is -2.48. The zero-order chi connectivity index (χ0) is 24.9. The standard InChI is InChI=1S/C27H27FN4O4/c28-22-7-3-1-5-19(22)16-31-11-13-32(14-12-31)17-26(33)30-23-8-4-2-6-21(23)27(34)29-20-9-10-24-25(15-20)36-18-35-24/h1-10,15H,11-14,16-18H2,(H,29,34)(H,30,33). The van der Waals surface area contributed by atoms with Crippen molar-refractivity contribution in [1.82, 2.24) is 9.80 Å². The van der Waals surface area contributed by atoms with E-state index in [1.54, 1.807) is 54.6 Å². The summed E-state index contributed by atoms with van der Waals surface area (Å²) in [5.41, 5.74) is 2.05. The van der Waals surface area contributed by atoms with Gasteiger partial charge in [0.1, 0.15) is 5.82 Å². The van der Waals surface area contributed by atoms with Crippen molar-refractivity contribution in [2.24, 2.45) is 0 Å². The lowest BCUT2D eigenvalue weighted by Gasteiger charge is -2.34. The van der Waals surface area contributed by atoms with E-state index >= 15 is 0 Å². The summed E-state index contributed by atoms with van der Waals surface area (Å²) in [6.45, 7) is 3.82. The zero-order valence-corrected chi connectivity index (χ0v) is 19.7. The first-order valence-electron chi connectivity index (χ1n) is 11.8. The van der Waals surface area contributed by atoms with Gasteiger partial charge in [-0.3, -0.25) is 19.4 Å². The quantitative estimate of drug-likeness (QED) is 0.527. The SMILES string of the molecule is O=C(CN1CCN(Cc2ccccc2F)CC1)Nc1ccccc1C(=O)Nc1ccc2c(c1)OCO2. The number of piperazine rings is 1. The number of para-hydroxylation sites is 1. The Bertz CT molecular complexity index is 1260. The minimum Gasteiger partial charge on any atom is -0.454 e. The van der Waals surface area contributed by atoms with Gasteiger partial charge in [-0.15, -0.1) is 0 Å². The van der Waals surface area contributed by atoms with E-state index in [4.69, 9.17) is 9.47 Å². The number of fused-ring (bicyclic) bond motifs is 1. The summed E-state index contributed by atoms with van der Waals surface area (Å²) in [5, 5.41) is 5.72. The minimum absolute atomic E-state index is 0.155. The molecule has 36 heavy (non-hydrogen) atoms. The average molecular weight is 491 g/mol. The Hall–Kier alpha value is -3.95. The predicted octanol–water partition coefficient (Wildman–Crippen LogP) is 3.56. The Morgan fingerprint density at radius 1 is 0.833 bits per heavy atom. The third-order valence-corrected chi connectivity index (χ3v) is 6.26. The smallest absolute Gasteiger partial charge is 0.257 e. The molecule has 5 rings (SSSR count). The molecule has 0 unspecified atom stereocenters. The number of carbonyl (C=O) groups is 2. The Balaban J connectivity index is 1.14. The van der Waals surface area contributed by atoms with Crippen LogP contribution in [0, 0.1) is 5.82 Å². The largest absolute Gasteiger partial charge is 0.454 e. The number of nitrogens with zero attached hydrogens (tertiary/aromatic N) is 2. The summed E-state index contributed by atoms with van der Waals surface area (Å²) >= 11 is 0. The molecule has 0 aromatic heterocycles. The number of ether oxygens (including phenoxy) is 2. The van der Waals surface area contributed by atoms with Crippen molar-refractivity contribution < 1.29 is 23.5 Å². The fourth-order valence-electron chi connectivity index (χ4n) is 4.33. The van der Waals surface area contributed by atoms with Crippen molar-refractivity contribution in [3.05, 3.63) is 83.7 Å². The molecule has 1 saturated heterocycles. The third kappa shape index (κ3) is 5.64. The number of anilines is 2. The molecule has 0 aliphatic carbocycles. The number of carbonyl (C=O) groups excluding carboxylic acids is 2. The number of nitrogens with one attached hydrogen (secondary N) is 2. The lowest BCUT2D eigenvalue weighted by molar-refractivity contribution is -0.117. The second-order valence-corrected chi connectivity index (χ2v) is 8.76. The van der Waals surface area contributed by atoms with Gasteiger partial charge in [-0.2, -0.15) is 0 Å². The van der Waals surface area contributed by atoms with Gasteiger partial charge in [0.25, 0.3) is 5.91 Å². The molecular weight excluding hydrogens is 463 g/mol. The minimum atomic E-state index is -0.341. The van der Waals surface area contributed by atoms with Gasteiger partial charge in [0, 0.05) is 50.0 Å². The molecule has 2 aliphatic heterocycles. The summed E-state index contributed by atoms with van der Waals surface area (Å²) < 4.78 is 24.6. The summed E-state index contributed by atoms with van der Waals surface area (Å²) in [6.07, 6.45) is 0. The van der Waals surface area contributed by atoms with Gasteiger partial charge in [0.2, 0.25) is 12.7 Å². The molecule has 186 valence electrons. The Kier molecular flexibility index (Phi) is 7.11. The zero-order valence-electron chi connectivity index (χ0n) is 19.7. The molecule has 2 N–H and O–H groups in total. The van der Waals surface area contributed by atoms with E-state index in [-0.39, 0.29) is 31.0 Å². The van der Waals surface area contributed by atoms with Crippen LogP contribution in [0.15, 0.2) is 66.7 Å². The number of hydrogen-bond donors (Lipinski definition) is 2. The topological polar surface area (TPSA) is 83.1 Å². The van der Waals surface area contributed by atoms with Crippen LogP contribution in [0.4, 0.5) is 15.8 Å². The van der Waals surface area contributed by atoms with Crippen LogP contribution in [0.5, 0.6) is 11.5 Å². The van der Waals surface area contributed by atoms with Crippen molar-refractivity contribution in [3.63, 3.8) is 0 Å². The van der Waals surface area contributed by atoms with Crippen LogP contribution in [0.25, 0.3) is 0 Å². The first kappa shape index (κ1) is 23.8. The van der Waals surface area contributed by atoms with Gasteiger partial charge in [-0.1, -0.05) is 30.3 Å². The molecule has 2 amide bonds. The number of rotatable bonds is 7. The molecule has 3 aromatic rings. The van der Waals surface area contributed by atoms with E-state index < -0.39 is 0 Å². The Morgan fingerprint density at radius 2 is 1.56 bits per heavy atom. The second kappa shape index (κ2) is 10.8. The molecule has 0 radical (unpaired) electrons. The van der Waals surface area contributed by atoms with Gasteiger partial charge in [0.05, 0.1) is 17.8 Å². The number of halogens is 1. The van der Waals surface area contributed by atoms with Crippen LogP contribution in [0.2, 0.25) is 0 Å². The van der Waals surface area contributed by atoms with Crippen LogP contribution in [-0.4, -0.2) is 61.1 Å². The molecule has 9 heteroatoms. The molecule has 0 spiro atoms. The van der Waals surface area contributed by atoms with Crippen LogP contribution in [0.1, 0.15) is 15.9 Å². The van der Waals surface area contributed by atoms with E-state index in [1.807, 2.05) is 6.07 Å². The van der Waals surface area contributed by atoms with Crippen LogP contribution in [0.3, 0.4) is 0 Å². The number of benzene rings is 3. The van der Waals surface area contributed by atoms with Crippen molar-refractivity contribution in [3.8, 4) is 11.5 Å². The Morgan fingerprint density at radius 3 is 2.39 bits per heavy atom. The van der Waals surface area contributed by atoms with Crippen molar-refractivity contribution in [2.45, 2.75) is 6.54 Å². The van der Waals surface area contributed by atoms with Crippen molar-refractivity contribution in [2.75, 3.05) is 50.2 Å². The highest BCUT2D eigenvalue weighted by atomic mass is 19.1. The van der Waals surface area contributed by atoms with Crippen LogP contribution in [-0.2, 0) is 11.3 Å².